The predicted molar refractivity (Wildman–Crippen MR) is 78.4 cm³/mol. The molecule has 0 aromatic heterocycles. The third-order valence-electron chi connectivity index (χ3n) is 3.23. The lowest BCUT2D eigenvalue weighted by atomic mass is 10.2. The second-order valence-electron chi connectivity index (χ2n) is 4.67. The van der Waals surface area contributed by atoms with Gasteiger partial charge in [0.2, 0.25) is 10.0 Å². The number of benzene rings is 1. The van der Waals surface area contributed by atoms with E-state index in [1.165, 1.54) is 10.4 Å². The largest absolute Gasteiger partial charge is 0.379 e. The van der Waals surface area contributed by atoms with Gasteiger partial charge in [0.05, 0.1) is 13.2 Å². The van der Waals surface area contributed by atoms with Crippen molar-refractivity contribution in [1.82, 2.24) is 9.62 Å². The molecule has 0 atom stereocenters. The Morgan fingerprint density at radius 3 is 2.67 bits per heavy atom. The minimum absolute atomic E-state index is 0.205. The lowest BCUT2D eigenvalue weighted by molar-refractivity contribution is 0.0729. The first-order valence-electron chi connectivity index (χ1n) is 6.73. The molecule has 0 spiro atoms. The van der Waals surface area contributed by atoms with Crippen LogP contribution in [0.15, 0.2) is 17.0 Å². The van der Waals surface area contributed by atoms with Crippen molar-refractivity contribution in [3.05, 3.63) is 28.5 Å². The first-order valence-corrected chi connectivity index (χ1v) is 8.55. The second kappa shape index (κ2) is 7.02. The molecule has 1 aromatic carbocycles. The van der Waals surface area contributed by atoms with Crippen molar-refractivity contribution in [1.29, 1.82) is 0 Å². The first kappa shape index (κ1) is 16.6. The zero-order chi connectivity index (χ0) is 15.5. The average Bonchev–Trinajstić information content (AvgIpc) is 2.48. The molecule has 0 saturated carbocycles. The van der Waals surface area contributed by atoms with Crippen LogP contribution in [0.4, 0.5) is 4.39 Å². The summed E-state index contributed by atoms with van der Waals surface area (Å²) >= 11 is 5.94. The number of morpholine rings is 1. The average molecular weight is 337 g/mol. The highest BCUT2D eigenvalue weighted by Crippen LogP contribution is 2.26. The van der Waals surface area contributed by atoms with E-state index < -0.39 is 15.8 Å². The SMILES string of the molecule is CCNCc1cc(Cl)cc(S(=O)(=O)N2CCOCC2)c1F. The van der Waals surface area contributed by atoms with E-state index in [1.54, 1.807) is 0 Å². The van der Waals surface area contributed by atoms with Crippen molar-refractivity contribution in [2.75, 3.05) is 32.8 Å². The van der Waals surface area contributed by atoms with E-state index in [1.807, 2.05) is 6.92 Å². The molecule has 1 saturated heterocycles. The van der Waals surface area contributed by atoms with Crippen LogP contribution in [0.2, 0.25) is 5.02 Å². The number of rotatable bonds is 5. The normalized spacial score (nSPS) is 17.1. The summed E-state index contributed by atoms with van der Waals surface area (Å²) in [6, 6.07) is 2.61. The van der Waals surface area contributed by atoms with E-state index in [4.69, 9.17) is 16.3 Å². The highest BCUT2D eigenvalue weighted by Gasteiger charge is 2.30. The van der Waals surface area contributed by atoms with Crippen LogP contribution in [0, 0.1) is 5.82 Å². The zero-order valence-corrected chi connectivity index (χ0v) is 13.3. The summed E-state index contributed by atoms with van der Waals surface area (Å²) in [6.07, 6.45) is 0. The Labute approximate surface area is 129 Å². The molecular formula is C13H18ClFN2O3S. The maximum absolute atomic E-state index is 14.5. The van der Waals surface area contributed by atoms with Crippen LogP contribution in [0.3, 0.4) is 0 Å². The summed E-state index contributed by atoms with van der Waals surface area (Å²) in [5, 5.41) is 3.17. The number of hydrogen-bond donors (Lipinski definition) is 1. The Morgan fingerprint density at radius 1 is 1.38 bits per heavy atom. The monoisotopic (exact) mass is 336 g/mol. The molecule has 1 N–H and O–H groups in total. The Hall–Kier alpha value is -0.730. The van der Waals surface area contributed by atoms with Gasteiger partial charge in [0, 0.05) is 30.2 Å². The van der Waals surface area contributed by atoms with Crippen LogP contribution in [0.25, 0.3) is 0 Å². The van der Waals surface area contributed by atoms with E-state index in [0.717, 1.165) is 6.07 Å². The third-order valence-corrected chi connectivity index (χ3v) is 5.35. The van der Waals surface area contributed by atoms with Gasteiger partial charge in [-0.3, -0.25) is 0 Å². The van der Waals surface area contributed by atoms with Gasteiger partial charge in [0.1, 0.15) is 10.7 Å². The molecule has 1 fully saturated rings. The summed E-state index contributed by atoms with van der Waals surface area (Å²) in [5.74, 6) is -0.744. The van der Waals surface area contributed by atoms with Gasteiger partial charge >= 0.3 is 0 Å². The number of hydrogen-bond acceptors (Lipinski definition) is 4. The molecule has 2 rings (SSSR count). The molecule has 1 heterocycles. The fourth-order valence-corrected chi connectivity index (χ4v) is 3.97. The van der Waals surface area contributed by atoms with E-state index in [-0.39, 0.29) is 35.1 Å². The molecule has 0 unspecified atom stereocenters. The molecule has 1 aromatic rings. The van der Waals surface area contributed by atoms with Crippen molar-refractivity contribution >= 4 is 21.6 Å². The summed E-state index contributed by atoms with van der Waals surface area (Å²) in [5.41, 5.74) is 0.246. The van der Waals surface area contributed by atoms with Crippen LogP contribution in [-0.4, -0.2) is 45.6 Å². The molecule has 5 nitrogen and oxygen atoms in total. The van der Waals surface area contributed by atoms with Crippen molar-refractivity contribution in [2.45, 2.75) is 18.4 Å². The van der Waals surface area contributed by atoms with Crippen LogP contribution in [0.5, 0.6) is 0 Å². The highest BCUT2D eigenvalue weighted by atomic mass is 35.5. The van der Waals surface area contributed by atoms with Crippen LogP contribution < -0.4 is 5.32 Å². The molecule has 118 valence electrons. The maximum atomic E-state index is 14.5. The van der Waals surface area contributed by atoms with Crippen molar-refractivity contribution in [3.63, 3.8) is 0 Å². The van der Waals surface area contributed by atoms with Crippen LogP contribution >= 0.6 is 11.6 Å². The van der Waals surface area contributed by atoms with Gasteiger partial charge in [-0.05, 0) is 18.7 Å². The second-order valence-corrected chi connectivity index (χ2v) is 7.02. The van der Waals surface area contributed by atoms with E-state index in [2.05, 4.69) is 5.32 Å². The quantitative estimate of drug-likeness (QED) is 0.887. The predicted octanol–water partition coefficient (Wildman–Crippen LogP) is 1.61. The van der Waals surface area contributed by atoms with Gasteiger partial charge in [0.25, 0.3) is 0 Å². The van der Waals surface area contributed by atoms with Crippen molar-refractivity contribution < 1.29 is 17.5 Å². The summed E-state index contributed by atoms with van der Waals surface area (Å²) in [4.78, 5) is -0.371. The standard InChI is InChI=1S/C13H18ClFN2O3S/c1-2-16-9-10-7-11(14)8-12(13(10)15)21(18,19)17-3-5-20-6-4-17/h7-8,16H,2-6,9H2,1H3. The smallest absolute Gasteiger partial charge is 0.246 e. The van der Waals surface area contributed by atoms with Gasteiger partial charge < -0.3 is 10.1 Å². The van der Waals surface area contributed by atoms with Gasteiger partial charge in [-0.25, -0.2) is 12.8 Å². The van der Waals surface area contributed by atoms with Gasteiger partial charge in [-0.15, -0.1) is 0 Å². The van der Waals surface area contributed by atoms with Gasteiger partial charge in [-0.2, -0.15) is 4.31 Å². The maximum Gasteiger partial charge on any atom is 0.246 e. The Balaban J connectivity index is 2.39. The molecular weight excluding hydrogens is 319 g/mol. The lowest BCUT2D eigenvalue weighted by Crippen LogP contribution is -2.41. The number of nitrogens with zero attached hydrogens (tertiary/aromatic N) is 1. The van der Waals surface area contributed by atoms with Gasteiger partial charge in [-0.1, -0.05) is 18.5 Å². The Bertz CT molecular complexity index is 604. The lowest BCUT2D eigenvalue weighted by Gasteiger charge is -2.26. The minimum atomic E-state index is -3.90. The number of sulfonamides is 1. The number of nitrogens with one attached hydrogen (secondary N) is 1. The van der Waals surface area contributed by atoms with Crippen LogP contribution in [0.1, 0.15) is 12.5 Å². The molecule has 21 heavy (non-hydrogen) atoms. The third kappa shape index (κ3) is 3.73. The summed E-state index contributed by atoms with van der Waals surface area (Å²) in [7, 11) is -3.90. The fourth-order valence-electron chi connectivity index (χ4n) is 2.12. The number of ether oxygens (including phenoxy) is 1. The molecule has 8 heteroatoms. The first-order chi connectivity index (χ1) is 9.96. The highest BCUT2D eigenvalue weighted by molar-refractivity contribution is 7.89. The molecule has 0 amide bonds. The van der Waals surface area contributed by atoms with E-state index in [9.17, 15) is 12.8 Å². The van der Waals surface area contributed by atoms with Crippen molar-refractivity contribution in [3.8, 4) is 0 Å². The van der Waals surface area contributed by atoms with Crippen LogP contribution in [-0.2, 0) is 21.3 Å². The Morgan fingerprint density at radius 2 is 2.05 bits per heavy atom. The molecule has 0 bridgehead atoms. The molecule has 1 aliphatic rings. The summed E-state index contributed by atoms with van der Waals surface area (Å²) < 4.78 is 45.9. The van der Waals surface area contributed by atoms with Crippen molar-refractivity contribution in [2.24, 2.45) is 0 Å². The topological polar surface area (TPSA) is 58.6 Å². The van der Waals surface area contributed by atoms with E-state index in [0.29, 0.717) is 19.8 Å². The zero-order valence-electron chi connectivity index (χ0n) is 11.7. The number of halogens is 2. The minimum Gasteiger partial charge on any atom is -0.379 e. The molecule has 0 aliphatic carbocycles. The summed E-state index contributed by atoms with van der Waals surface area (Å²) in [6.45, 7) is 3.82. The Kier molecular flexibility index (Phi) is 5.56. The van der Waals surface area contributed by atoms with E-state index >= 15 is 0 Å². The molecule has 1 aliphatic heterocycles. The van der Waals surface area contributed by atoms with Gasteiger partial charge in [0.15, 0.2) is 0 Å². The fraction of sp³-hybridized carbons (Fsp3) is 0.538. The molecule has 0 radical (unpaired) electrons.